The van der Waals surface area contributed by atoms with Crippen LogP contribution in [0.4, 0.5) is 0 Å². The first-order chi connectivity index (χ1) is 18.5. The van der Waals surface area contributed by atoms with Crippen molar-refractivity contribution < 1.29 is 28.9 Å². The molecule has 0 bridgehead atoms. The second-order valence-corrected chi connectivity index (χ2v) is 8.98. The fourth-order valence-corrected chi connectivity index (χ4v) is 4.50. The van der Waals surface area contributed by atoms with Crippen LogP contribution in [0.3, 0.4) is 0 Å². The van der Waals surface area contributed by atoms with Gasteiger partial charge in [0.15, 0.2) is 11.5 Å². The van der Waals surface area contributed by atoms with E-state index in [4.69, 9.17) is 14.2 Å². The molecule has 1 saturated heterocycles. The van der Waals surface area contributed by atoms with Crippen molar-refractivity contribution in [1.82, 2.24) is 9.88 Å². The van der Waals surface area contributed by atoms with E-state index < -0.39 is 17.7 Å². The third-order valence-corrected chi connectivity index (χ3v) is 6.51. The summed E-state index contributed by atoms with van der Waals surface area (Å²) in [6.45, 7) is 2.93. The van der Waals surface area contributed by atoms with Gasteiger partial charge in [0.25, 0.3) is 11.7 Å². The van der Waals surface area contributed by atoms with Crippen molar-refractivity contribution in [2.24, 2.45) is 0 Å². The summed E-state index contributed by atoms with van der Waals surface area (Å²) in [5.41, 5.74) is 1.84. The second kappa shape index (κ2) is 12.3. The molecule has 1 atom stereocenters. The first-order valence-corrected chi connectivity index (χ1v) is 12.6. The number of rotatable bonds is 11. The maximum atomic E-state index is 13.3. The molecular weight excluding hydrogens is 484 g/mol. The van der Waals surface area contributed by atoms with Gasteiger partial charge in [-0.1, -0.05) is 31.9 Å². The Labute approximate surface area is 222 Å². The zero-order chi connectivity index (χ0) is 27.1. The van der Waals surface area contributed by atoms with Crippen molar-refractivity contribution in [2.45, 2.75) is 38.8 Å². The standard InChI is InChI=1S/C30H32N2O6/c1-4-5-6-17-38-23-10-7-21(8-11-23)27-26(28(33)22-9-12-24(36-2)25(18-22)37-3)29(34)30(35)32(27)19-20-13-15-31-16-14-20/h7-16,18,27,33H,4-6,17,19H2,1-3H3. The van der Waals surface area contributed by atoms with Gasteiger partial charge in [0, 0.05) is 24.5 Å². The summed E-state index contributed by atoms with van der Waals surface area (Å²) in [6, 6.07) is 14.9. The number of pyridine rings is 1. The number of hydrogen-bond donors (Lipinski definition) is 1. The Hall–Kier alpha value is -4.33. The Bertz CT molecular complexity index is 1300. The van der Waals surface area contributed by atoms with E-state index >= 15 is 0 Å². The van der Waals surface area contributed by atoms with Crippen molar-refractivity contribution in [3.8, 4) is 17.2 Å². The summed E-state index contributed by atoms with van der Waals surface area (Å²) in [7, 11) is 3.00. The van der Waals surface area contributed by atoms with E-state index in [0.717, 1.165) is 24.8 Å². The number of likely N-dealkylation sites (tertiary alicyclic amines) is 1. The Morgan fingerprint density at radius 1 is 0.947 bits per heavy atom. The minimum Gasteiger partial charge on any atom is -0.507 e. The molecule has 1 aliphatic heterocycles. The summed E-state index contributed by atoms with van der Waals surface area (Å²) >= 11 is 0. The number of nitrogens with zero attached hydrogens (tertiary/aromatic N) is 2. The summed E-state index contributed by atoms with van der Waals surface area (Å²) in [5.74, 6) is -0.149. The van der Waals surface area contributed by atoms with Gasteiger partial charge in [-0.05, 0) is 60.0 Å². The topological polar surface area (TPSA) is 98.2 Å². The molecule has 8 heteroatoms. The molecular formula is C30H32N2O6. The van der Waals surface area contributed by atoms with Crippen molar-refractivity contribution >= 4 is 17.4 Å². The number of ketones is 1. The van der Waals surface area contributed by atoms with Crippen LogP contribution in [0.25, 0.3) is 5.76 Å². The highest BCUT2D eigenvalue weighted by molar-refractivity contribution is 6.46. The molecule has 2 aromatic carbocycles. The first-order valence-electron chi connectivity index (χ1n) is 12.6. The molecule has 4 rings (SSSR count). The van der Waals surface area contributed by atoms with Crippen LogP contribution in [0, 0.1) is 0 Å². The maximum Gasteiger partial charge on any atom is 0.295 e. The van der Waals surface area contributed by atoms with Crippen LogP contribution < -0.4 is 14.2 Å². The van der Waals surface area contributed by atoms with Crippen LogP contribution in [0.5, 0.6) is 17.2 Å². The number of benzene rings is 2. The Balaban J connectivity index is 1.76. The van der Waals surface area contributed by atoms with E-state index in [1.807, 2.05) is 24.3 Å². The normalized spacial score (nSPS) is 16.5. The molecule has 1 N–H and O–H groups in total. The van der Waals surface area contributed by atoms with Gasteiger partial charge in [0.2, 0.25) is 0 Å². The van der Waals surface area contributed by atoms with Crippen LogP contribution >= 0.6 is 0 Å². The van der Waals surface area contributed by atoms with Gasteiger partial charge < -0.3 is 24.2 Å². The smallest absolute Gasteiger partial charge is 0.295 e. The van der Waals surface area contributed by atoms with Crippen LogP contribution in [0.2, 0.25) is 0 Å². The second-order valence-electron chi connectivity index (χ2n) is 8.98. The molecule has 0 aliphatic carbocycles. The number of Topliss-reactive ketones (excluding diaryl/α,β-unsaturated/α-hetero) is 1. The zero-order valence-electron chi connectivity index (χ0n) is 21.8. The molecule has 1 aliphatic rings. The van der Waals surface area contributed by atoms with Crippen LogP contribution in [0.1, 0.15) is 48.9 Å². The zero-order valence-corrected chi connectivity index (χ0v) is 21.8. The molecule has 2 heterocycles. The lowest BCUT2D eigenvalue weighted by Gasteiger charge is -2.25. The van der Waals surface area contributed by atoms with E-state index in [-0.39, 0.29) is 17.9 Å². The maximum absolute atomic E-state index is 13.3. The number of amides is 1. The number of aliphatic hydroxyl groups is 1. The van der Waals surface area contributed by atoms with Gasteiger partial charge in [-0.3, -0.25) is 14.6 Å². The van der Waals surface area contributed by atoms with Crippen LogP contribution in [-0.2, 0) is 16.1 Å². The van der Waals surface area contributed by atoms with Crippen molar-refractivity contribution in [3.63, 3.8) is 0 Å². The summed E-state index contributed by atoms with van der Waals surface area (Å²) in [5, 5.41) is 11.4. The van der Waals surface area contributed by atoms with Gasteiger partial charge in [0.1, 0.15) is 11.5 Å². The van der Waals surface area contributed by atoms with E-state index in [2.05, 4.69) is 11.9 Å². The van der Waals surface area contributed by atoms with Crippen LogP contribution in [-0.4, -0.2) is 47.5 Å². The average molecular weight is 517 g/mol. The van der Waals surface area contributed by atoms with Crippen molar-refractivity contribution in [2.75, 3.05) is 20.8 Å². The summed E-state index contributed by atoms with van der Waals surface area (Å²) in [4.78, 5) is 32.1. The highest BCUT2D eigenvalue weighted by atomic mass is 16.5. The summed E-state index contributed by atoms with van der Waals surface area (Å²) < 4.78 is 16.5. The predicted octanol–water partition coefficient (Wildman–Crippen LogP) is 5.29. The molecule has 0 spiro atoms. The number of unbranched alkanes of at least 4 members (excludes halogenated alkanes) is 2. The number of aromatic nitrogens is 1. The van der Waals surface area contributed by atoms with Crippen LogP contribution in [0.15, 0.2) is 72.6 Å². The average Bonchev–Trinajstić information content (AvgIpc) is 3.20. The molecule has 38 heavy (non-hydrogen) atoms. The Morgan fingerprint density at radius 3 is 2.32 bits per heavy atom. The number of ether oxygens (including phenoxy) is 3. The highest BCUT2D eigenvalue weighted by Crippen LogP contribution is 2.41. The molecule has 198 valence electrons. The minimum atomic E-state index is -0.801. The first kappa shape index (κ1) is 26.7. The number of aliphatic hydroxyl groups excluding tert-OH is 1. The molecule has 1 amide bonds. The van der Waals surface area contributed by atoms with Gasteiger partial charge in [0.05, 0.1) is 32.4 Å². The number of hydrogen-bond acceptors (Lipinski definition) is 7. The largest absolute Gasteiger partial charge is 0.507 e. The molecule has 1 unspecified atom stereocenters. The third-order valence-electron chi connectivity index (χ3n) is 6.51. The Kier molecular flexibility index (Phi) is 8.63. The summed E-state index contributed by atoms with van der Waals surface area (Å²) in [6.07, 6.45) is 6.44. The van der Waals surface area contributed by atoms with Crippen molar-refractivity contribution in [3.05, 3.63) is 89.3 Å². The Morgan fingerprint density at radius 2 is 1.66 bits per heavy atom. The monoisotopic (exact) mass is 516 g/mol. The van der Waals surface area contributed by atoms with Gasteiger partial charge in [-0.2, -0.15) is 0 Å². The fraction of sp³-hybridized carbons (Fsp3) is 0.300. The number of carbonyl (C=O) groups excluding carboxylic acids is 2. The minimum absolute atomic E-state index is 0.00731. The van der Waals surface area contributed by atoms with E-state index in [0.29, 0.717) is 35.0 Å². The molecule has 1 fully saturated rings. The lowest BCUT2D eigenvalue weighted by molar-refractivity contribution is -0.140. The predicted molar refractivity (Wildman–Crippen MR) is 143 cm³/mol. The molecule has 8 nitrogen and oxygen atoms in total. The molecule has 3 aromatic rings. The SMILES string of the molecule is CCCCCOc1ccc(C2C(=C(O)c3ccc(OC)c(OC)c3)C(=O)C(=O)N2Cc2ccncc2)cc1. The number of carbonyl (C=O) groups is 2. The highest BCUT2D eigenvalue weighted by Gasteiger charge is 2.46. The molecule has 0 saturated carbocycles. The third kappa shape index (κ3) is 5.64. The van der Waals surface area contributed by atoms with Gasteiger partial charge in [-0.15, -0.1) is 0 Å². The van der Waals surface area contributed by atoms with E-state index in [1.165, 1.54) is 19.1 Å². The molecule has 1 aromatic heterocycles. The van der Waals surface area contributed by atoms with Gasteiger partial charge in [-0.25, -0.2) is 0 Å². The lowest BCUT2D eigenvalue weighted by atomic mass is 9.95. The molecule has 0 radical (unpaired) electrons. The lowest BCUT2D eigenvalue weighted by Crippen LogP contribution is -2.29. The quantitative estimate of drug-likeness (QED) is 0.160. The fourth-order valence-electron chi connectivity index (χ4n) is 4.50. The number of methoxy groups -OCH3 is 2. The van der Waals surface area contributed by atoms with Crippen molar-refractivity contribution in [1.29, 1.82) is 0 Å². The van der Waals surface area contributed by atoms with Gasteiger partial charge >= 0.3 is 0 Å². The van der Waals surface area contributed by atoms with E-state index in [1.54, 1.807) is 42.7 Å². The van der Waals surface area contributed by atoms with E-state index in [9.17, 15) is 14.7 Å².